The quantitative estimate of drug-likeness (QED) is 0.176. The Kier molecular flexibility index (Phi) is 7.57. The minimum atomic E-state index is -4.87. The number of carbonyl (C=O) groups is 3. The van der Waals surface area contributed by atoms with Crippen molar-refractivity contribution in [1.29, 1.82) is 0 Å². The Balaban J connectivity index is 1.92. The molecule has 176 valence electrons. The van der Waals surface area contributed by atoms with Crippen molar-refractivity contribution in [2.45, 2.75) is 43.4 Å². The summed E-state index contributed by atoms with van der Waals surface area (Å²) in [5.74, 6) is -2.81. The van der Waals surface area contributed by atoms with Gasteiger partial charge in [0.25, 0.3) is 5.91 Å². The molecule has 0 radical (unpaired) electrons. The molecule has 1 amide bonds. The summed E-state index contributed by atoms with van der Waals surface area (Å²) in [5.41, 5.74) is 0.0192. The number of hydrogen-bond donors (Lipinski definition) is 0. The van der Waals surface area contributed by atoms with E-state index in [-0.39, 0.29) is 17.7 Å². The van der Waals surface area contributed by atoms with Crippen LogP contribution in [-0.4, -0.2) is 63.8 Å². The van der Waals surface area contributed by atoms with Crippen LogP contribution in [-0.2, 0) is 9.53 Å². The fourth-order valence-corrected chi connectivity index (χ4v) is 3.39. The third kappa shape index (κ3) is 6.21. The maximum atomic E-state index is 13.3. The van der Waals surface area contributed by atoms with E-state index in [0.29, 0.717) is 18.0 Å². The van der Waals surface area contributed by atoms with Crippen LogP contribution in [0, 0.1) is 0 Å². The van der Waals surface area contributed by atoms with Crippen LogP contribution in [0.2, 0.25) is 0 Å². The molecule has 0 spiro atoms. The number of Topliss-reactive ketones (excluding diaryl/α,β-unsaturated/α-hetero) is 1. The van der Waals surface area contributed by atoms with Crippen LogP contribution in [0.25, 0.3) is 0 Å². The van der Waals surface area contributed by atoms with Crippen molar-refractivity contribution in [3.8, 4) is 5.75 Å². The topological polar surface area (TPSA) is 98.7 Å². The van der Waals surface area contributed by atoms with Gasteiger partial charge in [0.15, 0.2) is 17.0 Å². The molecule has 1 saturated carbocycles. The van der Waals surface area contributed by atoms with Gasteiger partial charge in [0.2, 0.25) is 0 Å². The second-order valence-corrected chi connectivity index (χ2v) is 7.77. The van der Waals surface area contributed by atoms with Gasteiger partial charge in [-0.2, -0.15) is 0 Å². The molecule has 0 saturated heterocycles. The second-order valence-electron chi connectivity index (χ2n) is 6.99. The van der Waals surface area contributed by atoms with Gasteiger partial charge in [0.05, 0.1) is 12.2 Å². The third-order valence-corrected chi connectivity index (χ3v) is 5.22. The van der Waals surface area contributed by atoms with E-state index in [1.807, 2.05) is 0 Å². The summed E-state index contributed by atoms with van der Waals surface area (Å²) in [7, 11) is 0. The highest BCUT2D eigenvalue weighted by atomic mass is 32.2. The van der Waals surface area contributed by atoms with Crippen LogP contribution in [0.3, 0.4) is 0 Å². The van der Waals surface area contributed by atoms with E-state index in [1.165, 1.54) is 24.2 Å². The zero-order valence-corrected chi connectivity index (χ0v) is 18.5. The first-order valence-corrected chi connectivity index (χ1v) is 11.1. The summed E-state index contributed by atoms with van der Waals surface area (Å²) >= 11 is 1.27. The molecule has 8 nitrogen and oxygen atoms in total. The lowest BCUT2D eigenvalue weighted by Crippen LogP contribution is -2.51. The summed E-state index contributed by atoms with van der Waals surface area (Å²) < 4.78 is 46.1. The fourth-order valence-electron chi connectivity index (χ4n) is 3.07. The number of carbonyl (C=O) groups excluding carboxylic acids is 3. The summed E-state index contributed by atoms with van der Waals surface area (Å²) in [5, 5.41) is 0.426. The first kappa shape index (κ1) is 24.5. The average molecular weight is 483 g/mol. The van der Waals surface area contributed by atoms with Gasteiger partial charge in [0.1, 0.15) is 5.75 Å². The molecule has 1 fully saturated rings. The molecular weight excluding hydrogens is 463 g/mol. The van der Waals surface area contributed by atoms with Gasteiger partial charge in [-0.1, -0.05) is 11.8 Å². The van der Waals surface area contributed by atoms with E-state index in [1.54, 1.807) is 13.2 Å². The van der Waals surface area contributed by atoms with E-state index in [2.05, 4.69) is 14.7 Å². The van der Waals surface area contributed by atoms with Gasteiger partial charge in [-0.15, -0.1) is 13.2 Å². The number of ketones is 1. The normalized spacial score (nSPS) is 14.3. The van der Waals surface area contributed by atoms with Crippen LogP contribution >= 0.6 is 11.8 Å². The predicted octanol–water partition coefficient (Wildman–Crippen LogP) is 3.52. The van der Waals surface area contributed by atoms with Crippen molar-refractivity contribution in [3.63, 3.8) is 0 Å². The minimum absolute atomic E-state index is 0.00694. The summed E-state index contributed by atoms with van der Waals surface area (Å²) in [6, 6.07) is 2.28. The highest BCUT2D eigenvalue weighted by molar-refractivity contribution is 7.98. The number of ether oxygens (including phenoxy) is 2. The van der Waals surface area contributed by atoms with E-state index in [0.717, 1.165) is 29.2 Å². The molecule has 12 heteroatoms. The number of benzene rings is 1. The predicted molar refractivity (Wildman–Crippen MR) is 111 cm³/mol. The molecule has 1 atom stereocenters. The Morgan fingerprint density at radius 2 is 1.73 bits per heavy atom. The van der Waals surface area contributed by atoms with Crippen molar-refractivity contribution < 1.29 is 37.0 Å². The van der Waals surface area contributed by atoms with Gasteiger partial charge in [-0.05, 0) is 50.3 Å². The molecule has 1 unspecified atom stereocenters. The van der Waals surface area contributed by atoms with E-state index in [4.69, 9.17) is 4.74 Å². The lowest BCUT2D eigenvalue weighted by Gasteiger charge is -2.29. The lowest BCUT2D eigenvalue weighted by molar-refractivity contribution is -0.274. The Morgan fingerprint density at radius 1 is 1.12 bits per heavy atom. The molecule has 1 heterocycles. The molecule has 3 rings (SSSR count). The largest absolute Gasteiger partial charge is 0.573 e. The van der Waals surface area contributed by atoms with Gasteiger partial charge < -0.3 is 14.4 Å². The molecule has 1 aliphatic rings. The molecule has 0 aliphatic heterocycles. The van der Waals surface area contributed by atoms with E-state index < -0.39 is 41.9 Å². The molecule has 1 aliphatic carbocycles. The molecule has 0 bridgehead atoms. The fraction of sp³-hybridized carbons (Fsp3) is 0.381. The number of hydrogen-bond acceptors (Lipinski definition) is 8. The van der Waals surface area contributed by atoms with Crippen molar-refractivity contribution in [1.82, 2.24) is 14.9 Å². The van der Waals surface area contributed by atoms with Crippen LogP contribution in [0.15, 0.2) is 41.8 Å². The SMILES string of the molecule is CCOC(=O)C(C(=O)c1cnc(SC)nc1)N(C(=O)c1ccc(OC(F)(F)F)cc1)C1CC1. The highest BCUT2D eigenvalue weighted by Gasteiger charge is 2.45. The van der Waals surface area contributed by atoms with Crippen LogP contribution < -0.4 is 4.74 Å². The van der Waals surface area contributed by atoms with Crippen molar-refractivity contribution >= 4 is 29.4 Å². The standard InChI is InChI=1S/C21H20F3N3O5S/c1-3-31-19(30)16(17(28)13-10-25-20(33-2)26-11-13)27(14-6-7-14)18(29)12-4-8-15(9-5-12)32-21(22,23)24/h4-5,8-11,14,16H,3,6-7H2,1-2H3. The Hall–Kier alpha value is -3.15. The third-order valence-electron chi connectivity index (χ3n) is 4.64. The van der Waals surface area contributed by atoms with E-state index in [9.17, 15) is 27.6 Å². The number of esters is 1. The minimum Gasteiger partial charge on any atom is -0.464 e. The van der Waals surface area contributed by atoms with Gasteiger partial charge in [-0.25, -0.2) is 14.8 Å². The van der Waals surface area contributed by atoms with Crippen LogP contribution in [0.4, 0.5) is 13.2 Å². The average Bonchev–Trinajstić information content (AvgIpc) is 3.61. The monoisotopic (exact) mass is 483 g/mol. The maximum absolute atomic E-state index is 13.3. The van der Waals surface area contributed by atoms with Crippen LogP contribution in [0.5, 0.6) is 5.75 Å². The first-order chi connectivity index (χ1) is 15.6. The van der Waals surface area contributed by atoms with Crippen LogP contribution in [0.1, 0.15) is 40.5 Å². The second kappa shape index (κ2) is 10.2. The zero-order chi connectivity index (χ0) is 24.2. The molecule has 1 aromatic carbocycles. The smallest absolute Gasteiger partial charge is 0.464 e. The Bertz CT molecular complexity index is 1010. The van der Waals surface area contributed by atoms with Crippen molar-refractivity contribution in [2.24, 2.45) is 0 Å². The Labute approximate surface area is 191 Å². The molecule has 0 N–H and O–H groups in total. The number of halogens is 3. The van der Waals surface area contributed by atoms with Gasteiger partial charge in [-0.3, -0.25) is 9.59 Å². The van der Waals surface area contributed by atoms with E-state index >= 15 is 0 Å². The number of nitrogens with zero attached hydrogens (tertiary/aromatic N) is 3. The number of thioether (sulfide) groups is 1. The highest BCUT2D eigenvalue weighted by Crippen LogP contribution is 2.32. The first-order valence-electron chi connectivity index (χ1n) is 9.90. The van der Waals surface area contributed by atoms with Crippen molar-refractivity contribution in [3.05, 3.63) is 47.8 Å². The lowest BCUT2D eigenvalue weighted by atomic mass is 10.0. The number of aromatic nitrogens is 2. The number of amides is 1. The van der Waals surface area contributed by atoms with Gasteiger partial charge >= 0.3 is 12.3 Å². The zero-order valence-electron chi connectivity index (χ0n) is 17.7. The number of rotatable bonds is 9. The van der Waals surface area contributed by atoms with Gasteiger partial charge in [0, 0.05) is 24.0 Å². The summed E-state index contributed by atoms with van der Waals surface area (Å²) in [6.45, 7) is 1.55. The molecule has 2 aromatic rings. The number of alkyl halides is 3. The maximum Gasteiger partial charge on any atom is 0.573 e. The summed E-state index contributed by atoms with van der Waals surface area (Å²) in [6.07, 6.45) is 0.550. The molecular formula is C21H20F3N3O5S. The Morgan fingerprint density at radius 3 is 2.21 bits per heavy atom. The van der Waals surface area contributed by atoms with Crippen molar-refractivity contribution in [2.75, 3.05) is 12.9 Å². The summed E-state index contributed by atoms with van der Waals surface area (Å²) in [4.78, 5) is 48.5. The molecule has 33 heavy (non-hydrogen) atoms. The molecule has 1 aromatic heterocycles.